The van der Waals surface area contributed by atoms with Crippen LogP contribution >= 0.6 is 0 Å². The average molecular weight is 146 g/mol. The summed E-state index contributed by atoms with van der Waals surface area (Å²) in [6, 6.07) is 0. The molecule has 1 atom stereocenters. The van der Waals surface area contributed by atoms with Crippen LogP contribution in [-0.4, -0.2) is 24.4 Å². The van der Waals surface area contributed by atoms with Gasteiger partial charge in [-0.05, 0) is 25.4 Å². The summed E-state index contributed by atoms with van der Waals surface area (Å²) in [6.45, 7) is 6.08. The monoisotopic (exact) mass is 146 g/mol. The summed E-state index contributed by atoms with van der Waals surface area (Å²) >= 11 is 0. The van der Waals surface area contributed by atoms with Crippen molar-refractivity contribution >= 4 is 0 Å². The topological polar surface area (TPSA) is 58.3 Å². The number of nitrogens with one attached hydrogen (secondary N) is 1. The Morgan fingerprint density at radius 3 is 2.50 bits per heavy atom. The SMILES string of the molecule is CC(C)CNCC[C@@H](N)O. The molecule has 0 aromatic rings. The van der Waals surface area contributed by atoms with E-state index in [-0.39, 0.29) is 0 Å². The summed E-state index contributed by atoms with van der Waals surface area (Å²) in [6.07, 6.45) is -0.0353. The number of hydrogen-bond donors (Lipinski definition) is 3. The van der Waals surface area contributed by atoms with E-state index in [4.69, 9.17) is 10.8 Å². The highest BCUT2D eigenvalue weighted by Gasteiger charge is 1.95. The summed E-state index contributed by atoms with van der Waals surface area (Å²) in [7, 11) is 0. The van der Waals surface area contributed by atoms with Crippen LogP contribution in [0.1, 0.15) is 20.3 Å². The molecule has 0 rings (SSSR count). The molecule has 0 unspecified atom stereocenters. The van der Waals surface area contributed by atoms with Gasteiger partial charge in [0.25, 0.3) is 0 Å². The van der Waals surface area contributed by atoms with Crippen LogP contribution in [-0.2, 0) is 0 Å². The van der Waals surface area contributed by atoms with Gasteiger partial charge in [-0.1, -0.05) is 13.8 Å². The molecule has 0 radical (unpaired) electrons. The second kappa shape index (κ2) is 5.65. The zero-order valence-electron chi connectivity index (χ0n) is 6.80. The molecule has 0 heterocycles. The number of hydrogen-bond acceptors (Lipinski definition) is 3. The van der Waals surface area contributed by atoms with Crippen LogP contribution in [0.4, 0.5) is 0 Å². The van der Waals surface area contributed by atoms with E-state index in [0.29, 0.717) is 12.3 Å². The minimum atomic E-state index is -0.667. The highest BCUT2D eigenvalue weighted by molar-refractivity contribution is 4.53. The summed E-state index contributed by atoms with van der Waals surface area (Å²) in [5.41, 5.74) is 5.12. The molecule has 0 saturated carbocycles. The maximum atomic E-state index is 8.66. The first-order valence-corrected chi connectivity index (χ1v) is 3.77. The molecule has 0 aromatic heterocycles. The first kappa shape index (κ1) is 9.88. The quantitative estimate of drug-likeness (QED) is 0.375. The predicted molar refractivity (Wildman–Crippen MR) is 42.5 cm³/mol. The molecule has 0 aliphatic rings. The Morgan fingerprint density at radius 1 is 1.50 bits per heavy atom. The molecule has 0 spiro atoms. The van der Waals surface area contributed by atoms with Gasteiger partial charge in [-0.3, -0.25) is 0 Å². The maximum absolute atomic E-state index is 8.66. The molecule has 4 N–H and O–H groups in total. The van der Waals surface area contributed by atoms with Gasteiger partial charge in [0.05, 0.1) is 0 Å². The molecular formula is C7H18N2O. The van der Waals surface area contributed by atoms with Crippen molar-refractivity contribution in [2.45, 2.75) is 26.5 Å². The van der Waals surface area contributed by atoms with Crippen molar-refractivity contribution in [3.8, 4) is 0 Å². The molecule has 3 nitrogen and oxygen atoms in total. The lowest BCUT2D eigenvalue weighted by molar-refractivity contribution is 0.171. The highest BCUT2D eigenvalue weighted by atomic mass is 16.3. The van der Waals surface area contributed by atoms with Gasteiger partial charge in [0.2, 0.25) is 0 Å². The van der Waals surface area contributed by atoms with Gasteiger partial charge >= 0.3 is 0 Å². The van der Waals surface area contributed by atoms with Crippen LogP contribution in [0.15, 0.2) is 0 Å². The Bertz CT molecular complexity index is 64.0. The molecule has 0 aromatic carbocycles. The van der Waals surface area contributed by atoms with Gasteiger partial charge in [-0.25, -0.2) is 0 Å². The number of nitrogens with two attached hydrogens (primary N) is 1. The smallest absolute Gasteiger partial charge is 0.103 e. The first-order valence-electron chi connectivity index (χ1n) is 3.77. The van der Waals surface area contributed by atoms with Crippen LogP contribution < -0.4 is 11.1 Å². The number of rotatable bonds is 5. The predicted octanol–water partition coefficient (Wildman–Crippen LogP) is -0.101. The lowest BCUT2D eigenvalue weighted by Gasteiger charge is -2.07. The van der Waals surface area contributed by atoms with E-state index in [1.165, 1.54) is 0 Å². The summed E-state index contributed by atoms with van der Waals surface area (Å²) in [5.74, 6) is 0.662. The maximum Gasteiger partial charge on any atom is 0.103 e. The van der Waals surface area contributed by atoms with E-state index in [1.54, 1.807) is 0 Å². The van der Waals surface area contributed by atoms with E-state index in [2.05, 4.69) is 19.2 Å². The second-order valence-electron chi connectivity index (χ2n) is 2.95. The van der Waals surface area contributed by atoms with Crippen molar-refractivity contribution in [3.05, 3.63) is 0 Å². The van der Waals surface area contributed by atoms with Crippen molar-refractivity contribution in [2.75, 3.05) is 13.1 Å². The molecule has 0 aliphatic carbocycles. The fraction of sp³-hybridized carbons (Fsp3) is 1.00. The molecule has 0 aliphatic heterocycles. The Balaban J connectivity index is 2.91. The number of aliphatic hydroxyl groups is 1. The Labute approximate surface area is 62.6 Å². The Hall–Kier alpha value is -0.120. The molecule has 3 heteroatoms. The lowest BCUT2D eigenvalue weighted by Crippen LogP contribution is -2.28. The number of aliphatic hydroxyl groups excluding tert-OH is 1. The minimum Gasteiger partial charge on any atom is -0.379 e. The fourth-order valence-corrected chi connectivity index (χ4v) is 0.641. The van der Waals surface area contributed by atoms with Gasteiger partial charge in [-0.2, -0.15) is 0 Å². The summed E-state index contributed by atoms with van der Waals surface area (Å²) in [4.78, 5) is 0. The highest BCUT2D eigenvalue weighted by Crippen LogP contribution is 1.87. The molecular weight excluding hydrogens is 128 g/mol. The first-order chi connectivity index (χ1) is 4.63. The summed E-state index contributed by atoms with van der Waals surface area (Å²) < 4.78 is 0. The Kier molecular flexibility index (Phi) is 5.58. The van der Waals surface area contributed by atoms with Crippen LogP contribution in [0.25, 0.3) is 0 Å². The third kappa shape index (κ3) is 7.88. The van der Waals surface area contributed by atoms with E-state index >= 15 is 0 Å². The van der Waals surface area contributed by atoms with Crippen LogP contribution in [0.3, 0.4) is 0 Å². The van der Waals surface area contributed by atoms with Crippen LogP contribution in [0.2, 0.25) is 0 Å². The zero-order chi connectivity index (χ0) is 7.98. The minimum absolute atomic E-state index is 0.632. The van der Waals surface area contributed by atoms with Gasteiger partial charge in [0.1, 0.15) is 6.23 Å². The van der Waals surface area contributed by atoms with Gasteiger partial charge in [-0.15, -0.1) is 0 Å². The molecule has 0 bridgehead atoms. The Morgan fingerprint density at radius 2 is 2.10 bits per heavy atom. The molecule has 0 amide bonds. The molecule has 0 fully saturated rings. The van der Waals surface area contributed by atoms with Crippen molar-refractivity contribution < 1.29 is 5.11 Å². The molecule has 10 heavy (non-hydrogen) atoms. The van der Waals surface area contributed by atoms with Crippen molar-refractivity contribution in [1.29, 1.82) is 0 Å². The average Bonchev–Trinajstić information content (AvgIpc) is 1.79. The fourth-order valence-electron chi connectivity index (χ4n) is 0.641. The molecule has 62 valence electrons. The second-order valence-corrected chi connectivity index (χ2v) is 2.95. The van der Waals surface area contributed by atoms with Crippen molar-refractivity contribution in [2.24, 2.45) is 11.7 Å². The standard InChI is InChI=1S/C7H18N2O/c1-6(2)5-9-4-3-7(8)10/h6-7,9-10H,3-5,8H2,1-2H3/t7-/m0/s1. The zero-order valence-corrected chi connectivity index (χ0v) is 6.80. The van der Waals surface area contributed by atoms with E-state index in [9.17, 15) is 0 Å². The normalized spacial score (nSPS) is 14.1. The van der Waals surface area contributed by atoms with Gasteiger partial charge in [0.15, 0.2) is 0 Å². The van der Waals surface area contributed by atoms with Crippen molar-refractivity contribution in [1.82, 2.24) is 5.32 Å². The van der Waals surface area contributed by atoms with E-state index < -0.39 is 6.23 Å². The van der Waals surface area contributed by atoms with Crippen molar-refractivity contribution in [3.63, 3.8) is 0 Å². The van der Waals surface area contributed by atoms with Crippen LogP contribution in [0, 0.1) is 5.92 Å². The summed E-state index contributed by atoms with van der Waals surface area (Å²) in [5, 5.41) is 11.8. The van der Waals surface area contributed by atoms with Gasteiger partial charge in [0, 0.05) is 0 Å². The van der Waals surface area contributed by atoms with Gasteiger partial charge < -0.3 is 16.2 Å². The third-order valence-electron chi connectivity index (χ3n) is 1.17. The lowest BCUT2D eigenvalue weighted by atomic mass is 10.2. The van der Waals surface area contributed by atoms with Crippen LogP contribution in [0.5, 0.6) is 0 Å². The largest absolute Gasteiger partial charge is 0.379 e. The third-order valence-corrected chi connectivity index (χ3v) is 1.17. The van der Waals surface area contributed by atoms with E-state index in [1.807, 2.05) is 0 Å². The molecule has 0 saturated heterocycles. The van der Waals surface area contributed by atoms with E-state index in [0.717, 1.165) is 13.1 Å².